The minimum absolute atomic E-state index is 0.166. The first-order valence-corrected chi connectivity index (χ1v) is 13.1. The van der Waals surface area contributed by atoms with E-state index in [-0.39, 0.29) is 5.04 Å². The molecule has 0 aromatic heterocycles. The molecule has 0 fully saturated rings. The molecule has 6 heteroatoms. The molecule has 0 radical (unpaired) electrons. The zero-order valence-corrected chi connectivity index (χ0v) is 19.0. The third-order valence-electron chi connectivity index (χ3n) is 4.89. The van der Waals surface area contributed by atoms with E-state index in [1.54, 1.807) is 0 Å². The summed E-state index contributed by atoms with van der Waals surface area (Å²) in [4.78, 5) is 2.07. The van der Waals surface area contributed by atoms with Gasteiger partial charge in [0.2, 0.25) is 8.24 Å². The maximum atomic E-state index is 13.3. The van der Waals surface area contributed by atoms with Crippen molar-refractivity contribution >= 4 is 28.5 Å². The van der Waals surface area contributed by atoms with Crippen LogP contribution >= 0.6 is 0 Å². The van der Waals surface area contributed by atoms with Gasteiger partial charge < -0.3 is 4.90 Å². The molecule has 0 aliphatic rings. The number of nitrogens with zero attached hydrogens (tertiary/aromatic N) is 1. The number of hydrogen-bond acceptors (Lipinski definition) is 3. The Morgan fingerprint density at radius 3 is 1.78 bits per heavy atom. The molecule has 148 valence electrons. The van der Waals surface area contributed by atoms with Crippen LogP contribution in [0.15, 0.2) is 60.7 Å². The Hall–Kier alpha value is -1.47. The predicted octanol–water partition coefficient (Wildman–Crippen LogP) is 3.05. The van der Waals surface area contributed by atoms with Crippen molar-refractivity contribution in [3.63, 3.8) is 0 Å². The van der Waals surface area contributed by atoms with Gasteiger partial charge in [-0.2, -0.15) is 0 Å². The SMILES string of the molecule is CN(C)CCCS(=N)(=O)N[Si](c1ccccc1)(c1ccccc1)C(C)(C)C. The van der Waals surface area contributed by atoms with Crippen molar-refractivity contribution in [3.05, 3.63) is 60.7 Å². The van der Waals surface area contributed by atoms with Gasteiger partial charge in [0.1, 0.15) is 0 Å². The summed E-state index contributed by atoms with van der Waals surface area (Å²) in [6, 6.07) is 20.6. The third kappa shape index (κ3) is 5.29. The van der Waals surface area contributed by atoms with Crippen molar-refractivity contribution in [1.82, 2.24) is 9.29 Å². The molecule has 0 saturated heterocycles. The van der Waals surface area contributed by atoms with Gasteiger partial charge in [0, 0.05) is 5.75 Å². The molecular formula is C21H33N3OSSi. The molecule has 1 unspecified atom stereocenters. The Balaban J connectivity index is 2.56. The van der Waals surface area contributed by atoms with Crippen LogP contribution in [0.4, 0.5) is 0 Å². The van der Waals surface area contributed by atoms with E-state index < -0.39 is 18.2 Å². The summed E-state index contributed by atoms with van der Waals surface area (Å²) < 4.78 is 25.5. The highest BCUT2D eigenvalue weighted by Gasteiger charge is 2.50. The fourth-order valence-corrected chi connectivity index (χ4v) is 12.1. The second-order valence-electron chi connectivity index (χ2n) is 8.37. The Labute approximate surface area is 166 Å². The topological polar surface area (TPSA) is 56.2 Å². The Morgan fingerprint density at radius 1 is 0.963 bits per heavy atom. The van der Waals surface area contributed by atoms with Gasteiger partial charge in [0.05, 0.1) is 9.92 Å². The molecule has 2 aromatic carbocycles. The van der Waals surface area contributed by atoms with Gasteiger partial charge >= 0.3 is 0 Å². The lowest BCUT2D eigenvalue weighted by Gasteiger charge is -2.44. The first kappa shape index (κ1) is 21.8. The highest BCUT2D eigenvalue weighted by Crippen LogP contribution is 2.34. The van der Waals surface area contributed by atoms with Gasteiger partial charge in [-0.05, 0) is 42.5 Å². The summed E-state index contributed by atoms with van der Waals surface area (Å²) in [7, 11) is -1.62. The molecule has 0 aliphatic heterocycles. The van der Waals surface area contributed by atoms with Crippen LogP contribution in [0.1, 0.15) is 27.2 Å². The van der Waals surface area contributed by atoms with Crippen LogP contribution in [-0.4, -0.2) is 43.7 Å². The number of hydrogen-bond donors (Lipinski definition) is 2. The van der Waals surface area contributed by atoms with E-state index in [9.17, 15) is 4.21 Å². The number of benzene rings is 2. The maximum Gasteiger partial charge on any atom is 0.208 e. The zero-order valence-electron chi connectivity index (χ0n) is 17.2. The average molecular weight is 404 g/mol. The van der Waals surface area contributed by atoms with Crippen molar-refractivity contribution in [3.8, 4) is 0 Å². The number of nitrogens with one attached hydrogen (secondary N) is 2. The number of rotatable bonds is 8. The summed E-state index contributed by atoms with van der Waals surface area (Å²) in [5.41, 5.74) is 0. The fraction of sp³-hybridized carbons (Fsp3) is 0.429. The van der Waals surface area contributed by atoms with Gasteiger partial charge in [-0.1, -0.05) is 81.4 Å². The van der Waals surface area contributed by atoms with Crippen LogP contribution in [-0.2, 0) is 9.92 Å². The van der Waals surface area contributed by atoms with Gasteiger partial charge in [0.15, 0.2) is 0 Å². The fourth-order valence-electron chi connectivity index (χ4n) is 3.56. The van der Waals surface area contributed by atoms with E-state index in [2.05, 4.69) is 54.3 Å². The lowest BCUT2D eigenvalue weighted by atomic mass is 10.2. The molecule has 0 bridgehead atoms. The molecule has 27 heavy (non-hydrogen) atoms. The van der Waals surface area contributed by atoms with E-state index in [1.165, 1.54) is 0 Å². The van der Waals surface area contributed by atoms with E-state index in [1.807, 2.05) is 50.5 Å². The second-order valence-corrected chi connectivity index (χ2v) is 15.1. The predicted molar refractivity (Wildman–Crippen MR) is 120 cm³/mol. The first-order chi connectivity index (χ1) is 12.6. The monoisotopic (exact) mass is 403 g/mol. The molecule has 2 N–H and O–H groups in total. The molecule has 0 aliphatic carbocycles. The largest absolute Gasteiger partial charge is 0.309 e. The first-order valence-electron chi connectivity index (χ1n) is 9.40. The molecular weight excluding hydrogens is 370 g/mol. The molecule has 0 heterocycles. The van der Waals surface area contributed by atoms with Crippen LogP contribution in [0.3, 0.4) is 0 Å². The van der Waals surface area contributed by atoms with Gasteiger partial charge in [-0.15, -0.1) is 0 Å². The Morgan fingerprint density at radius 2 is 1.41 bits per heavy atom. The summed E-state index contributed by atoms with van der Waals surface area (Å²) in [6.45, 7) is 7.42. The van der Waals surface area contributed by atoms with Crippen LogP contribution in [0.5, 0.6) is 0 Å². The normalized spacial score (nSPS) is 14.9. The highest BCUT2D eigenvalue weighted by atomic mass is 32.2. The summed E-state index contributed by atoms with van der Waals surface area (Å²) in [6.07, 6.45) is 0.737. The van der Waals surface area contributed by atoms with E-state index in [0.29, 0.717) is 5.75 Å². The minimum Gasteiger partial charge on any atom is -0.309 e. The van der Waals surface area contributed by atoms with Gasteiger partial charge in [0.25, 0.3) is 0 Å². The quantitative estimate of drug-likeness (QED) is 0.666. The van der Waals surface area contributed by atoms with Crippen molar-refractivity contribution in [2.75, 3.05) is 26.4 Å². The smallest absolute Gasteiger partial charge is 0.208 e. The van der Waals surface area contributed by atoms with Crippen LogP contribution in [0, 0.1) is 4.78 Å². The average Bonchev–Trinajstić information content (AvgIpc) is 2.59. The van der Waals surface area contributed by atoms with Crippen LogP contribution < -0.4 is 14.8 Å². The van der Waals surface area contributed by atoms with Crippen LogP contribution in [0.2, 0.25) is 5.04 Å². The Bertz CT molecular complexity index is 776. The van der Waals surface area contributed by atoms with E-state index in [4.69, 9.17) is 4.78 Å². The molecule has 2 aromatic rings. The summed E-state index contributed by atoms with van der Waals surface area (Å²) >= 11 is 0. The second kappa shape index (κ2) is 8.69. The molecule has 2 rings (SSSR count). The van der Waals surface area contributed by atoms with Gasteiger partial charge in [-0.25, -0.2) is 13.4 Å². The standard InChI is InChI=1S/C21H33N3OSSi/c1-21(2,3)27(19-13-8-6-9-14-19,20-15-10-7-11-16-20)23-26(22,25)18-12-17-24(4)5/h6-11,13-16H,12,17-18H2,1-5H3,(H2,22,23,25). The minimum atomic E-state index is -2.93. The molecule has 1 atom stereocenters. The van der Waals surface area contributed by atoms with Crippen molar-refractivity contribution in [2.24, 2.45) is 0 Å². The Kier molecular flexibility index (Phi) is 7.02. The molecule has 0 saturated carbocycles. The summed E-state index contributed by atoms with van der Waals surface area (Å²) in [5.74, 6) is 0.357. The van der Waals surface area contributed by atoms with Crippen molar-refractivity contribution in [1.29, 1.82) is 4.78 Å². The zero-order chi connectivity index (χ0) is 20.1. The van der Waals surface area contributed by atoms with Crippen molar-refractivity contribution < 1.29 is 4.21 Å². The van der Waals surface area contributed by atoms with Crippen molar-refractivity contribution in [2.45, 2.75) is 32.2 Å². The summed E-state index contributed by atoms with van der Waals surface area (Å²) in [5, 5.41) is 2.16. The highest BCUT2D eigenvalue weighted by molar-refractivity contribution is 7.92. The third-order valence-corrected chi connectivity index (χ3v) is 12.9. The molecule has 4 nitrogen and oxygen atoms in total. The molecule has 0 spiro atoms. The van der Waals surface area contributed by atoms with E-state index in [0.717, 1.165) is 23.3 Å². The van der Waals surface area contributed by atoms with Crippen LogP contribution in [0.25, 0.3) is 0 Å². The van der Waals surface area contributed by atoms with Gasteiger partial charge in [-0.3, -0.25) is 0 Å². The lowest BCUT2D eigenvalue weighted by Crippen LogP contribution is -2.74. The maximum absolute atomic E-state index is 13.3. The molecule has 0 amide bonds. The van der Waals surface area contributed by atoms with E-state index >= 15 is 0 Å². The lowest BCUT2D eigenvalue weighted by molar-refractivity contribution is 0.409.